The summed E-state index contributed by atoms with van der Waals surface area (Å²) in [6, 6.07) is 29.0. The zero-order valence-corrected chi connectivity index (χ0v) is 47.5. The average Bonchev–Trinajstić information content (AvgIpc) is 3.54. The Morgan fingerprint density at radius 2 is 0.698 bits per heavy atom. The van der Waals surface area contributed by atoms with Crippen LogP contribution in [-0.2, 0) is 4.28 Å². The van der Waals surface area contributed by atoms with Gasteiger partial charge < -0.3 is 0 Å². The minimum absolute atomic E-state index is 0.324. The minimum atomic E-state index is -2.50. The van der Waals surface area contributed by atoms with E-state index in [-0.39, 0.29) is 0 Å². The third kappa shape index (κ3) is 8.18. The Morgan fingerprint density at radius 1 is 0.434 bits per heavy atom. The first-order chi connectivity index (χ1) is 23.7. The van der Waals surface area contributed by atoms with Crippen molar-refractivity contribution in [1.82, 2.24) is 0 Å². The normalized spacial score (nSPS) is 16.5. The standard InChI is InChI=1S/C44H77BrSi8/c1-46(2,3)42(47(4,5)6)37-32-36(44(50(13,14)15,51(16,17)18)52(19,20)21)33-38(43(48(7,8)9)49(10,11)12)41(37)53(45)39(34-28-24-22-25-29-34)40(53)35-30-26-23-27-31-35/h22-33,42-43H,1-21H3. The second-order valence-electron chi connectivity index (χ2n) is 24.0. The summed E-state index contributed by atoms with van der Waals surface area (Å²) in [5.74, 6) is 0. The number of benzene rings is 3. The smallest absolute Gasteiger partial charge is 0.108 e. The molecule has 3 aromatic carbocycles. The van der Waals surface area contributed by atoms with Crippen LogP contribution in [0.25, 0.3) is 10.4 Å². The molecule has 3 aromatic rings. The lowest BCUT2D eigenvalue weighted by atomic mass is 10.1. The monoisotopic (exact) mass is 908 g/mol. The van der Waals surface area contributed by atoms with Crippen LogP contribution in [0.4, 0.5) is 0 Å². The van der Waals surface area contributed by atoms with E-state index in [1.165, 1.54) is 11.1 Å². The van der Waals surface area contributed by atoms with Crippen LogP contribution in [-0.4, -0.2) is 63.2 Å². The molecule has 0 spiro atoms. The highest BCUT2D eigenvalue weighted by Crippen LogP contribution is 2.61. The molecular weight excluding hydrogens is 833 g/mol. The van der Waals surface area contributed by atoms with Gasteiger partial charge in [0.05, 0.1) is 0 Å². The molecule has 1 heterocycles. The van der Waals surface area contributed by atoms with Crippen LogP contribution in [0.2, 0.25) is 137 Å². The average molecular weight is 911 g/mol. The first kappa shape index (κ1) is 45.3. The largest absolute Gasteiger partial charge is 0.223 e. The molecule has 53 heavy (non-hydrogen) atoms. The highest BCUT2D eigenvalue weighted by Gasteiger charge is 2.64. The van der Waals surface area contributed by atoms with Gasteiger partial charge in [0.25, 0.3) is 0 Å². The van der Waals surface area contributed by atoms with Crippen LogP contribution in [0, 0.1) is 0 Å². The van der Waals surface area contributed by atoms with Gasteiger partial charge in [-0.1, -0.05) is 210 Å². The lowest BCUT2D eigenvalue weighted by Gasteiger charge is -2.60. The van der Waals surface area contributed by atoms with Gasteiger partial charge in [-0.15, -0.1) is 15.3 Å². The predicted molar refractivity (Wildman–Crippen MR) is 271 cm³/mol. The fraction of sp³-hybridized carbons (Fsp3) is 0.545. The molecule has 1 aliphatic rings. The van der Waals surface area contributed by atoms with E-state index in [0.717, 1.165) is 0 Å². The highest BCUT2D eigenvalue weighted by atomic mass is 79.9. The number of rotatable bonds is 13. The zero-order valence-electron chi connectivity index (χ0n) is 38.0. The maximum Gasteiger partial charge on any atom is 0.223 e. The van der Waals surface area contributed by atoms with Crippen LogP contribution in [0.5, 0.6) is 0 Å². The summed E-state index contributed by atoms with van der Waals surface area (Å²) < 4.78 is 0.324. The summed E-state index contributed by atoms with van der Waals surface area (Å²) in [7, 11) is -12.2. The summed E-state index contributed by atoms with van der Waals surface area (Å²) in [5, 5.41) is 6.38. The molecule has 0 nitrogen and oxygen atoms in total. The van der Waals surface area contributed by atoms with Gasteiger partial charge in [0.2, 0.25) is 6.69 Å². The van der Waals surface area contributed by atoms with Crippen molar-refractivity contribution in [2.24, 2.45) is 0 Å². The molecule has 0 aromatic heterocycles. The molecule has 0 atom stereocenters. The summed E-state index contributed by atoms with van der Waals surface area (Å²) >= 11 is 4.96. The van der Waals surface area contributed by atoms with Crippen molar-refractivity contribution in [3.63, 3.8) is 0 Å². The molecule has 0 saturated carbocycles. The zero-order chi connectivity index (χ0) is 40.8. The van der Waals surface area contributed by atoms with Gasteiger partial charge in [0, 0.05) is 56.5 Å². The summed E-state index contributed by atoms with van der Waals surface area (Å²) in [4.78, 5) is 0. The quantitative estimate of drug-likeness (QED) is 0.118. The third-order valence-corrected chi connectivity index (χ3v) is 59.2. The van der Waals surface area contributed by atoms with Crippen molar-refractivity contribution in [1.29, 1.82) is 0 Å². The Hall–Kier alpha value is -0.385. The lowest BCUT2D eigenvalue weighted by molar-refractivity contribution is 0.995. The van der Waals surface area contributed by atoms with Crippen LogP contribution < -0.4 is 5.19 Å². The predicted octanol–water partition coefficient (Wildman–Crippen LogP) is 14.5. The Morgan fingerprint density at radius 3 is 0.925 bits per heavy atom. The fourth-order valence-corrected chi connectivity index (χ4v) is 77.6. The van der Waals surface area contributed by atoms with E-state index in [4.69, 9.17) is 15.3 Å². The van der Waals surface area contributed by atoms with Crippen LogP contribution in [0.3, 0.4) is 0 Å². The Balaban J connectivity index is 2.45. The fourth-order valence-electron chi connectivity index (χ4n) is 13.3. The lowest BCUT2D eigenvalue weighted by Crippen LogP contribution is -2.74. The Bertz CT molecular complexity index is 1650. The van der Waals surface area contributed by atoms with Crippen molar-refractivity contribution in [2.75, 3.05) is 0 Å². The number of halogens is 1. The van der Waals surface area contributed by atoms with Gasteiger partial charge in [-0.25, -0.2) is 0 Å². The first-order valence-corrected chi connectivity index (χ1v) is 49.5. The van der Waals surface area contributed by atoms with Crippen molar-refractivity contribution >= 4 is 94.1 Å². The van der Waals surface area contributed by atoms with E-state index in [9.17, 15) is 0 Å². The van der Waals surface area contributed by atoms with Crippen LogP contribution in [0.1, 0.15) is 38.1 Å². The van der Waals surface area contributed by atoms with Gasteiger partial charge in [0.1, 0.15) is 0 Å². The molecule has 0 bridgehead atoms. The number of hydrogen-bond acceptors (Lipinski definition) is 0. The van der Waals surface area contributed by atoms with Gasteiger partial charge in [-0.05, 0) is 58.0 Å². The molecule has 0 unspecified atom stereocenters. The molecule has 1 aliphatic heterocycles. The van der Waals surface area contributed by atoms with Crippen molar-refractivity contribution in [2.45, 2.75) is 152 Å². The molecule has 0 amide bonds. The molecule has 292 valence electrons. The van der Waals surface area contributed by atoms with Crippen LogP contribution in [0.15, 0.2) is 72.8 Å². The minimum Gasteiger partial charge on any atom is -0.108 e. The second-order valence-corrected chi connectivity index (χ2v) is 70.0. The Kier molecular flexibility index (Phi) is 12.4. The maximum atomic E-state index is 4.96. The summed E-state index contributed by atoms with van der Waals surface area (Å²) in [6.07, 6.45) is 0. The van der Waals surface area contributed by atoms with Gasteiger partial charge in [0.15, 0.2) is 0 Å². The van der Waals surface area contributed by atoms with E-state index >= 15 is 0 Å². The van der Waals surface area contributed by atoms with E-state index in [2.05, 4.69) is 210 Å². The van der Waals surface area contributed by atoms with E-state index in [0.29, 0.717) is 14.6 Å². The van der Waals surface area contributed by atoms with E-state index in [1.807, 2.05) is 0 Å². The third-order valence-electron chi connectivity index (χ3n) is 12.4. The molecule has 0 fully saturated rings. The van der Waals surface area contributed by atoms with Crippen molar-refractivity contribution in [3.8, 4) is 0 Å². The summed E-state index contributed by atoms with van der Waals surface area (Å²) in [5.41, 5.74) is 8.25. The molecule has 9 heteroatoms. The molecular formula is C44H77BrSi8. The highest BCUT2D eigenvalue weighted by molar-refractivity contribution is 9.28. The van der Waals surface area contributed by atoms with Gasteiger partial charge in [-0.2, -0.15) is 0 Å². The molecule has 0 radical (unpaired) electrons. The second kappa shape index (κ2) is 14.5. The summed E-state index contributed by atoms with van der Waals surface area (Å²) in [6.45, 7) is 54.8. The van der Waals surface area contributed by atoms with E-state index < -0.39 is 63.2 Å². The topological polar surface area (TPSA) is 0 Å². The maximum absolute atomic E-state index is 4.96. The van der Waals surface area contributed by atoms with Crippen molar-refractivity contribution in [3.05, 3.63) is 101 Å². The number of hydrogen-bond donors (Lipinski definition) is 0. The van der Waals surface area contributed by atoms with Crippen molar-refractivity contribution < 1.29 is 0 Å². The molecule has 0 saturated heterocycles. The molecule has 0 aliphatic carbocycles. The van der Waals surface area contributed by atoms with Gasteiger partial charge >= 0.3 is 0 Å². The van der Waals surface area contributed by atoms with Gasteiger partial charge in [-0.3, -0.25) is 0 Å². The molecule has 4 rings (SSSR count). The van der Waals surface area contributed by atoms with Crippen LogP contribution >= 0.6 is 15.3 Å². The molecule has 0 N–H and O–H groups in total. The van der Waals surface area contributed by atoms with E-state index in [1.54, 1.807) is 32.3 Å². The first-order valence-electron chi connectivity index (χ1n) is 20.4. The Labute approximate surface area is 344 Å². The SMILES string of the molecule is C[Si](C)(C)C(c1cc(C([Si](C)(C)C)([Si](C)(C)C)[Si](C)(C)C)cc(C([Si](C)(C)C)[Si](C)(C)C)c1[Si]1(Br)C(c2ccccc2)=C1c1ccccc1)[Si](C)(C)C.